The molecule has 1 saturated heterocycles. The molecule has 1 aromatic heterocycles. The van der Waals surface area contributed by atoms with E-state index in [1.165, 1.54) is 30.6 Å². The van der Waals surface area contributed by atoms with Crippen LogP contribution in [0.2, 0.25) is 0 Å². The standard InChI is InChI=1S/C17H25N3/c1-3-9-19-11-13-20(14-12-19)10-5-4-6-17-8-7-16(2)15-18-17/h1,7-8,15H,4-6,9-14H2,2H3. The van der Waals surface area contributed by atoms with Crippen LogP contribution in [0.25, 0.3) is 0 Å². The Kier molecular flexibility index (Phi) is 6.04. The summed E-state index contributed by atoms with van der Waals surface area (Å²) in [4.78, 5) is 9.36. The summed E-state index contributed by atoms with van der Waals surface area (Å²) >= 11 is 0. The third kappa shape index (κ3) is 4.96. The molecule has 0 atom stereocenters. The Hall–Kier alpha value is -1.37. The number of aromatic nitrogens is 1. The van der Waals surface area contributed by atoms with Gasteiger partial charge in [0.05, 0.1) is 6.54 Å². The van der Waals surface area contributed by atoms with Crippen molar-refractivity contribution in [1.82, 2.24) is 14.8 Å². The lowest BCUT2D eigenvalue weighted by Crippen LogP contribution is -2.46. The summed E-state index contributed by atoms with van der Waals surface area (Å²) in [6.07, 6.45) is 10.9. The van der Waals surface area contributed by atoms with Crippen LogP contribution >= 0.6 is 0 Å². The van der Waals surface area contributed by atoms with Gasteiger partial charge in [-0.05, 0) is 44.4 Å². The number of pyridine rings is 1. The van der Waals surface area contributed by atoms with Gasteiger partial charge in [0.15, 0.2) is 0 Å². The predicted octanol–water partition coefficient (Wildman–Crippen LogP) is 1.96. The molecule has 20 heavy (non-hydrogen) atoms. The van der Waals surface area contributed by atoms with Crippen LogP contribution in [-0.2, 0) is 6.42 Å². The van der Waals surface area contributed by atoms with Gasteiger partial charge in [0.25, 0.3) is 0 Å². The van der Waals surface area contributed by atoms with E-state index in [-0.39, 0.29) is 0 Å². The highest BCUT2D eigenvalue weighted by Crippen LogP contribution is 2.06. The van der Waals surface area contributed by atoms with Crippen molar-refractivity contribution in [2.75, 3.05) is 39.3 Å². The molecule has 108 valence electrons. The van der Waals surface area contributed by atoms with Crippen molar-refractivity contribution < 1.29 is 0 Å². The van der Waals surface area contributed by atoms with Crippen molar-refractivity contribution in [3.8, 4) is 12.3 Å². The van der Waals surface area contributed by atoms with Crippen molar-refractivity contribution in [1.29, 1.82) is 0 Å². The average molecular weight is 271 g/mol. The van der Waals surface area contributed by atoms with E-state index in [0.29, 0.717) is 0 Å². The maximum absolute atomic E-state index is 5.35. The molecule has 2 rings (SSSR count). The number of aryl methyl sites for hydroxylation is 2. The Balaban J connectivity index is 1.58. The van der Waals surface area contributed by atoms with Crippen LogP contribution in [0, 0.1) is 19.3 Å². The maximum Gasteiger partial charge on any atom is 0.0599 e. The monoisotopic (exact) mass is 271 g/mol. The van der Waals surface area contributed by atoms with Gasteiger partial charge in [-0.1, -0.05) is 12.0 Å². The Morgan fingerprint density at radius 3 is 2.55 bits per heavy atom. The summed E-state index contributed by atoms with van der Waals surface area (Å²) in [7, 11) is 0. The predicted molar refractivity (Wildman–Crippen MR) is 83.6 cm³/mol. The lowest BCUT2D eigenvalue weighted by Gasteiger charge is -2.33. The number of nitrogens with zero attached hydrogens (tertiary/aromatic N) is 3. The van der Waals surface area contributed by atoms with Crippen LogP contribution in [0.3, 0.4) is 0 Å². The molecule has 0 aliphatic carbocycles. The summed E-state index contributed by atoms with van der Waals surface area (Å²) in [6, 6.07) is 4.29. The Morgan fingerprint density at radius 1 is 1.15 bits per heavy atom. The van der Waals surface area contributed by atoms with Gasteiger partial charge >= 0.3 is 0 Å². The molecular formula is C17H25N3. The molecule has 1 aliphatic heterocycles. The fourth-order valence-corrected chi connectivity index (χ4v) is 2.59. The van der Waals surface area contributed by atoms with Gasteiger partial charge < -0.3 is 4.90 Å². The fourth-order valence-electron chi connectivity index (χ4n) is 2.59. The quantitative estimate of drug-likeness (QED) is 0.582. The topological polar surface area (TPSA) is 19.4 Å². The van der Waals surface area contributed by atoms with Crippen LogP contribution in [0.15, 0.2) is 18.3 Å². The molecule has 2 heterocycles. The minimum Gasteiger partial charge on any atom is -0.301 e. The van der Waals surface area contributed by atoms with Gasteiger partial charge in [0.2, 0.25) is 0 Å². The first-order valence-corrected chi connectivity index (χ1v) is 7.57. The second-order valence-corrected chi connectivity index (χ2v) is 5.61. The van der Waals surface area contributed by atoms with Gasteiger partial charge in [-0.15, -0.1) is 6.42 Å². The van der Waals surface area contributed by atoms with Crippen LogP contribution in [-0.4, -0.2) is 54.1 Å². The lowest BCUT2D eigenvalue weighted by atomic mass is 10.1. The molecule has 1 aliphatic rings. The van der Waals surface area contributed by atoms with Crippen molar-refractivity contribution in [2.45, 2.75) is 26.2 Å². The highest BCUT2D eigenvalue weighted by atomic mass is 15.3. The minimum absolute atomic E-state index is 0.799. The Morgan fingerprint density at radius 2 is 1.90 bits per heavy atom. The summed E-state index contributed by atoms with van der Waals surface area (Å²) in [6.45, 7) is 8.63. The van der Waals surface area contributed by atoms with Crippen molar-refractivity contribution in [3.63, 3.8) is 0 Å². The van der Waals surface area contributed by atoms with E-state index < -0.39 is 0 Å². The molecule has 0 saturated carbocycles. The van der Waals surface area contributed by atoms with Crippen molar-refractivity contribution in [2.24, 2.45) is 0 Å². The summed E-state index contributed by atoms with van der Waals surface area (Å²) in [5.74, 6) is 2.73. The third-order valence-electron chi connectivity index (χ3n) is 3.91. The third-order valence-corrected chi connectivity index (χ3v) is 3.91. The Bertz CT molecular complexity index is 425. The van der Waals surface area contributed by atoms with Crippen LogP contribution in [0.5, 0.6) is 0 Å². The van der Waals surface area contributed by atoms with Crippen LogP contribution < -0.4 is 0 Å². The zero-order chi connectivity index (χ0) is 14.2. The van der Waals surface area contributed by atoms with E-state index >= 15 is 0 Å². The normalized spacial score (nSPS) is 17.0. The molecule has 1 fully saturated rings. The molecule has 0 unspecified atom stereocenters. The average Bonchev–Trinajstić information content (AvgIpc) is 2.47. The van der Waals surface area contributed by atoms with E-state index in [2.05, 4.69) is 39.8 Å². The van der Waals surface area contributed by atoms with Gasteiger partial charge in [0.1, 0.15) is 0 Å². The molecule has 0 spiro atoms. The first kappa shape index (κ1) is 15.0. The van der Waals surface area contributed by atoms with Gasteiger partial charge in [0, 0.05) is 38.1 Å². The number of hydrogen-bond acceptors (Lipinski definition) is 3. The molecule has 1 aromatic rings. The molecule has 3 nitrogen and oxygen atoms in total. The van der Waals surface area contributed by atoms with E-state index in [1.807, 2.05) is 6.20 Å². The molecule has 0 bridgehead atoms. The summed E-state index contributed by atoms with van der Waals surface area (Å²) < 4.78 is 0. The van der Waals surface area contributed by atoms with E-state index in [4.69, 9.17) is 6.42 Å². The molecule has 0 N–H and O–H groups in total. The molecule has 0 aromatic carbocycles. The highest BCUT2D eigenvalue weighted by Gasteiger charge is 2.15. The molecular weight excluding hydrogens is 246 g/mol. The number of unbranched alkanes of at least 4 members (excludes halogenated alkanes) is 1. The number of rotatable bonds is 6. The summed E-state index contributed by atoms with van der Waals surface area (Å²) in [5.41, 5.74) is 2.45. The fraction of sp³-hybridized carbons (Fsp3) is 0.588. The smallest absolute Gasteiger partial charge is 0.0599 e. The van der Waals surface area contributed by atoms with Gasteiger partial charge in [-0.25, -0.2) is 0 Å². The zero-order valence-corrected chi connectivity index (χ0v) is 12.5. The second-order valence-electron chi connectivity index (χ2n) is 5.61. The maximum atomic E-state index is 5.35. The van der Waals surface area contributed by atoms with Gasteiger partial charge in [-0.2, -0.15) is 0 Å². The largest absolute Gasteiger partial charge is 0.301 e. The van der Waals surface area contributed by atoms with E-state index in [0.717, 1.165) is 39.1 Å². The minimum atomic E-state index is 0.799. The van der Waals surface area contributed by atoms with E-state index in [1.54, 1.807) is 0 Å². The zero-order valence-electron chi connectivity index (χ0n) is 12.5. The van der Waals surface area contributed by atoms with E-state index in [9.17, 15) is 0 Å². The molecule has 3 heteroatoms. The SMILES string of the molecule is C#CCN1CCN(CCCCc2ccc(C)cn2)CC1. The summed E-state index contributed by atoms with van der Waals surface area (Å²) in [5, 5.41) is 0. The van der Waals surface area contributed by atoms with Crippen molar-refractivity contribution in [3.05, 3.63) is 29.6 Å². The number of terminal acetylenes is 1. The Labute approximate surface area is 123 Å². The first-order valence-electron chi connectivity index (χ1n) is 7.57. The van der Waals surface area contributed by atoms with Gasteiger partial charge in [-0.3, -0.25) is 9.88 Å². The first-order chi connectivity index (χ1) is 9.78. The molecule has 0 amide bonds. The second kappa shape index (κ2) is 8.04. The number of piperazine rings is 1. The number of hydrogen-bond donors (Lipinski definition) is 0. The highest BCUT2D eigenvalue weighted by molar-refractivity contribution is 5.12. The van der Waals surface area contributed by atoms with Crippen LogP contribution in [0.4, 0.5) is 0 Å². The lowest BCUT2D eigenvalue weighted by molar-refractivity contribution is 0.142. The molecule has 0 radical (unpaired) electrons. The van der Waals surface area contributed by atoms with Crippen LogP contribution in [0.1, 0.15) is 24.1 Å². The van der Waals surface area contributed by atoms with Crippen molar-refractivity contribution >= 4 is 0 Å².